The zero-order chi connectivity index (χ0) is 26.6. The van der Waals surface area contributed by atoms with Crippen LogP contribution in [0.2, 0.25) is 0 Å². The molecule has 3 unspecified atom stereocenters. The van der Waals surface area contributed by atoms with Crippen molar-refractivity contribution in [2.24, 2.45) is 7.05 Å². The van der Waals surface area contributed by atoms with Gasteiger partial charge in [-0.25, -0.2) is 4.52 Å². The van der Waals surface area contributed by atoms with E-state index in [-0.39, 0.29) is 11.9 Å². The van der Waals surface area contributed by atoms with E-state index in [2.05, 4.69) is 38.0 Å². The highest BCUT2D eigenvalue weighted by molar-refractivity contribution is 7.20. The Balaban J connectivity index is 0.000000168. The molecule has 3 aliphatic heterocycles. The molecular formula is C26H34N8O3S. The Labute approximate surface area is 225 Å². The van der Waals surface area contributed by atoms with E-state index in [1.165, 1.54) is 28.1 Å². The van der Waals surface area contributed by atoms with Crippen LogP contribution in [-0.4, -0.2) is 81.0 Å². The van der Waals surface area contributed by atoms with Gasteiger partial charge in [0.1, 0.15) is 4.83 Å². The lowest BCUT2D eigenvalue weighted by molar-refractivity contribution is -0.117. The van der Waals surface area contributed by atoms with Crippen LogP contribution in [-0.2, 0) is 21.4 Å². The second-order valence-corrected chi connectivity index (χ2v) is 10.9. The third-order valence-electron chi connectivity index (χ3n) is 7.16. The van der Waals surface area contributed by atoms with E-state index in [9.17, 15) is 9.59 Å². The maximum atomic E-state index is 12.3. The Morgan fingerprint density at radius 1 is 1.24 bits per heavy atom. The van der Waals surface area contributed by atoms with Crippen LogP contribution in [0.5, 0.6) is 0 Å². The molecule has 6 heterocycles. The summed E-state index contributed by atoms with van der Waals surface area (Å²) in [6, 6.07) is 0.997. The van der Waals surface area contributed by atoms with Gasteiger partial charge in [-0.1, -0.05) is 0 Å². The largest absolute Gasteiger partial charge is 0.382 e. The summed E-state index contributed by atoms with van der Waals surface area (Å²) in [5, 5.41) is 17.1. The Kier molecular flexibility index (Phi) is 7.91. The summed E-state index contributed by atoms with van der Waals surface area (Å²) < 4.78 is 9.29. The van der Waals surface area contributed by atoms with E-state index in [1.54, 1.807) is 23.6 Å². The molecule has 3 aromatic rings. The van der Waals surface area contributed by atoms with Gasteiger partial charge in [-0.2, -0.15) is 10.2 Å². The molecule has 3 aliphatic rings. The minimum atomic E-state index is -0.129. The number of rotatable bonds is 7. The summed E-state index contributed by atoms with van der Waals surface area (Å²) in [4.78, 5) is 27.7. The number of amides is 2. The first kappa shape index (κ1) is 26.1. The monoisotopic (exact) mass is 538 g/mol. The van der Waals surface area contributed by atoms with E-state index >= 15 is 0 Å². The molecule has 0 saturated carbocycles. The number of ether oxygens (including phenoxy) is 1. The van der Waals surface area contributed by atoms with Crippen LogP contribution in [0.25, 0.3) is 15.3 Å². The van der Waals surface area contributed by atoms with Crippen molar-refractivity contribution in [2.75, 3.05) is 26.3 Å². The number of thiazole rings is 1. The number of nitrogens with zero attached hydrogens (tertiary/aromatic N) is 5. The number of nitrogens with one attached hydrogen (secondary N) is 3. The van der Waals surface area contributed by atoms with Crippen molar-refractivity contribution in [3.63, 3.8) is 0 Å². The first-order valence-corrected chi connectivity index (χ1v) is 13.7. The van der Waals surface area contributed by atoms with Crippen molar-refractivity contribution in [2.45, 2.75) is 44.8 Å². The van der Waals surface area contributed by atoms with Crippen molar-refractivity contribution >= 4 is 28.5 Å². The second kappa shape index (κ2) is 11.5. The van der Waals surface area contributed by atoms with Gasteiger partial charge in [0, 0.05) is 67.6 Å². The summed E-state index contributed by atoms with van der Waals surface area (Å²) in [6.07, 6.45) is 14.2. The molecular weight excluding hydrogens is 504 g/mol. The highest BCUT2D eigenvalue weighted by Crippen LogP contribution is 2.30. The molecule has 3 aromatic heterocycles. The lowest BCUT2D eigenvalue weighted by atomic mass is 10.1. The van der Waals surface area contributed by atoms with Gasteiger partial charge in [-0.05, 0) is 32.8 Å². The predicted molar refractivity (Wildman–Crippen MR) is 145 cm³/mol. The van der Waals surface area contributed by atoms with E-state index in [1.807, 2.05) is 48.0 Å². The molecule has 6 rings (SSSR count). The van der Waals surface area contributed by atoms with Crippen molar-refractivity contribution < 1.29 is 14.3 Å². The summed E-state index contributed by atoms with van der Waals surface area (Å²) in [5.41, 5.74) is 3.58. The van der Waals surface area contributed by atoms with Gasteiger partial charge in [0.05, 0.1) is 42.1 Å². The summed E-state index contributed by atoms with van der Waals surface area (Å²) in [6.45, 7) is 7.07. The Hall–Kier alpha value is -3.48. The zero-order valence-corrected chi connectivity index (χ0v) is 22.7. The number of hydrogen-bond acceptors (Lipinski definition) is 8. The summed E-state index contributed by atoms with van der Waals surface area (Å²) in [7, 11) is 1.92. The normalized spacial score (nSPS) is 22.7. The molecule has 3 N–H and O–H groups in total. The van der Waals surface area contributed by atoms with Crippen molar-refractivity contribution in [3.05, 3.63) is 53.9 Å². The number of fused-ring (bicyclic) bond motifs is 3. The maximum absolute atomic E-state index is 12.3. The fraction of sp³-hybridized carbons (Fsp3) is 0.462. The van der Waals surface area contributed by atoms with Crippen LogP contribution < -0.4 is 16.0 Å². The Morgan fingerprint density at radius 2 is 2.03 bits per heavy atom. The smallest absolute Gasteiger partial charge is 0.252 e. The topological polar surface area (TPSA) is 118 Å². The van der Waals surface area contributed by atoms with Crippen LogP contribution in [0.1, 0.15) is 25.3 Å². The quantitative estimate of drug-likeness (QED) is 0.391. The van der Waals surface area contributed by atoms with Crippen LogP contribution >= 0.6 is 11.3 Å². The highest BCUT2D eigenvalue weighted by Gasteiger charge is 2.36. The Morgan fingerprint density at radius 3 is 2.71 bits per heavy atom. The molecule has 2 fully saturated rings. The number of aryl methyl sites for hydroxylation is 2. The van der Waals surface area contributed by atoms with Crippen molar-refractivity contribution in [1.29, 1.82) is 0 Å². The van der Waals surface area contributed by atoms with Gasteiger partial charge in [0.2, 0.25) is 6.41 Å². The first-order valence-electron chi connectivity index (χ1n) is 12.9. The number of morpholine rings is 1. The number of carbonyl (C=O) groups excluding carboxylic acids is 2. The predicted octanol–water partition coefficient (Wildman–Crippen LogP) is 1.58. The standard InChI is InChI=1S/C16H24N4O3.C10H10N4S/c1-11-15(19-10-21)6-12(7-18-11)16(22)17-4-5-20-13-2-3-14(20)9-23-8-13;1-7-3-12-14-6-9(15-10(7)14)8-4-11-13(2)5-8/h6-7,10-11,13-14,18H,2-5,8-9H2,1H3,(H,17,22)(H,19,21);3-6H,1-2H3. The molecule has 0 aliphatic carbocycles. The molecule has 0 spiro atoms. The maximum Gasteiger partial charge on any atom is 0.252 e. The van der Waals surface area contributed by atoms with E-state index in [4.69, 9.17) is 4.74 Å². The van der Waals surface area contributed by atoms with Gasteiger partial charge in [0.15, 0.2) is 0 Å². The molecule has 2 bridgehead atoms. The molecule has 12 heteroatoms. The van der Waals surface area contributed by atoms with Crippen molar-refractivity contribution in [1.82, 2.24) is 40.2 Å². The van der Waals surface area contributed by atoms with Crippen LogP contribution in [0.3, 0.4) is 0 Å². The fourth-order valence-corrected chi connectivity index (χ4v) is 6.05. The van der Waals surface area contributed by atoms with Crippen LogP contribution in [0.4, 0.5) is 0 Å². The summed E-state index contributed by atoms with van der Waals surface area (Å²) in [5.74, 6) is -0.129. The minimum absolute atomic E-state index is 0.0132. The minimum Gasteiger partial charge on any atom is -0.382 e. The lowest BCUT2D eigenvalue weighted by Gasteiger charge is -2.34. The molecule has 2 saturated heterocycles. The average molecular weight is 539 g/mol. The lowest BCUT2D eigenvalue weighted by Crippen LogP contribution is -2.48. The third-order valence-corrected chi connectivity index (χ3v) is 8.42. The molecule has 0 radical (unpaired) electrons. The van der Waals surface area contributed by atoms with Gasteiger partial charge >= 0.3 is 0 Å². The average Bonchev–Trinajstić information content (AvgIpc) is 3.66. The second-order valence-electron chi connectivity index (χ2n) is 9.84. The van der Waals surface area contributed by atoms with E-state index in [0.717, 1.165) is 25.3 Å². The summed E-state index contributed by atoms with van der Waals surface area (Å²) >= 11 is 1.74. The van der Waals surface area contributed by atoms with Crippen LogP contribution in [0.15, 0.2) is 48.3 Å². The highest BCUT2D eigenvalue weighted by atomic mass is 32.1. The molecule has 202 valence electrons. The molecule has 2 amide bonds. The zero-order valence-electron chi connectivity index (χ0n) is 21.9. The van der Waals surface area contributed by atoms with Crippen molar-refractivity contribution in [3.8, 4) is 10.4 Å². The first-order chi connectivity index (χ1) is 18.4. The SMILES string of the molecule is CC1NC=C(C(=O)NCCN2C3CCC2COC3)C=C1NC=O.Cc1cnn2cc(-c3cnn(C)c3)sc12. The number of aromatic nitrogens is 4. The number of hydrogen-bond donors (Lipinski definition) is 3. The van der Waals surface area contributed by atoms with E-state index < -0.39 is 0 Å². The van der Waals surface area contributed by atoms with Gasteiger partial charge < -0.3 is 20.7 Å². The number of dihydropyridines is 1. The van der Waals surface area contributed by atoms with Gasteiger partial charge in [-0.15, -0.1) is 11.3 Å². The Bertz CT molecular complexity index is 1340. The van der Waals surface area contributed by atoms with Gasteiger partial charge in [0.25, 0.3) is 5.91 Å². The van der Waals surface area contributed by atoms with E-state index in [0.29, 0.717) is 36.3 Å². The molecule has 11 nitrogen and oxygen atoms in total. The molecule has 3 atom stereocenters. The molecule has 38 heavy (non-hydrogen) atoms. The molecule has 0 aromatic carbocycles. The fourth-order valence-electron chi connectivity index (χ4n) is 5.06. The number of carbonyl (C=O) groups is 2. The van der Waals surface area contributed by atoms with Gasteiger partial charge in [-0.3, -0.25) is 19.2 Å². The van der Waals surface area contributed by atoms with Crippen LogP contribution in [0, 0.1) is 6.92 Å². The third kappa shape index (κ3) is 5.66.